The van der Waals surface area contributed by atoms with Gasteiger partial charge in [0.1, 0.15) is 4.88 Å². The Balaban J connectivity index is 2.09. The standard InChI is InChI=1S/C22H29NO4S/c1-12(2)5-7-14-10-16(21(28-14)22(24)25)20-15-11-19(27-4)18(26-3)9-13(15)6-8-17(20)23/h9-12,17,20H,5-8,23H2,1-4H3,(H,24,25). The fourth-order valence-electron chi connectivity index (χ4n) is 3.97. The van der Waals surface area contributed by atoms with Gasteiger partial charge in [-0.05, 0) is 66.5 Å². The van der Waals surface area contributed by atoms with Crippen molar-refractivity contribution in [2.24, 2.45) is 11.7 Å². The van der Waals surface area contributed by atoms with Crippen LogP contribution in [0.1, 0.15) is 63.8 Å². The van der Waals surface area contributed by atoms with Crippen molar-refractivity contribution >= 4 is 17.3 Å². The molecule has 5 nitrogen and oxygen atoms in total. The van der Waals surface area contributed by atoms with Crippen molar-refractivity contribution in [3.05, 3.63) is 44.6 Å². The van der Waals surface area contributed by atoms with Gasteiger partial charge in [-0.15, -0.1) is 11.3 Å². The number of methoxy groups -OCH3 is 2. The average Bonchev–Trinajstić information content (AvgIpc) is 3.09. The molecule has 0 radical (unpaired) electrons. The second-order valence-electron chi connectivity index (χ2n) is 7.82. The van der Waals surface area contributed by atoms with Gasteiger partial charge >= 0.3 is 5.97 Å². The SMILES string of the molecule is COc1cc2c(cc1OC)C(c1cc(CCC(C)C)sc1C(=O)O)C(N)CC2. The summed E-state index contributed by atoms with van der Waals surface area (Å²) >= 11 is 1.39. The number of carboxylic acid groups (broad SMARTS) is 1. The Bertz CT molecular complexity index is 858. The number of ether oxygens (including phenoxy) is 2. The molecular formula is C22H29NO4S. The Hall–Kier alpha value is -2.05. The summed E-state index contributed by atoms with van der Waals surface area (Å²) in [6.07, 6.45) is 3.59. The first-order chi connectivity index (χ1) is 13.3. The summed E-state index contributed by atoms with van der Waals surface area (Å²) in [6, 6.07) is 5.90. The van der Waals surface area contributed by atoms with E-state index in [0.29, 0.717) is 22.3 Å². The fraction of sp³-hybridized carbons (Fsp3) is 0.500. The number of fused-ring (bicyclic) bond motifs is 1. The monoisotopic (exact) mass is 403 g/mol. The van der Waals surface area contributed by atoms with E-state index in [0.717, 1.165) is 47.3 Å². The molecule has 0 amide bonds. The Morgan fingerprint density at radius 2 is 1.89 bits per heavy atom. The maximum absolute atomic E-state index is 12.0. The molecule has 0 aliphatic heterocycles. The predicted molar refractivity (Wildman–Crippen MR) is 112 cm³/mol. The van der Waals surface area contributed by atoms with Gasteiger partial charge < -0.3 is 20.3 Å². The van der Waals surface area contributed by atoms with Crippen LogP contribution in [-0.4, -0.2) is 31.3 Å². The molecule has 1 aromatic carbocycles. The van der Waals surface area contributed by atoms with E-state index in [-0.39, 0.29) is 12.0 Å². The van der Waals surface area contributed by atoms with Crippen LogP contribution in [0.15, 0.2) is 18.2 Å². The average molecular weight is 404 g/mol. The number of aromatic carboxylic acids is 1. The Kier molecular flexibility index (Phi) is 6.30. The highest BCUT2D eigenvalue weighted by molar-refractivity contribution is 7.14. The van der Waals surface area contributed by atoms with Crippen LogP contribution in [0.5, 0.6) is 11.5 Å². The highest BCUT2D eigenvalue weighted by Gasteiger charge is 2.34. The molecule has 3 rings (SSSR count). The second kappa shape index (κ2) is 8.53. The molecule has 1 heterocycles. The normalized spacial score (nSPS) is 18.8. The van der Waals surface area contributed by atoms with Crippen LogP contribution >= 0.6 is 11.3 Å². The quantitative estimate of drug-likeness (QED) is 0.713. The summed E-state index contributed by atoms with van der Waals surface area (Å²) in [5, 5.41) is 9.83. The van der Waals surface area contributed by atoms with Gasteiger partial charge in [0, 0.05) is 16.8 Å². The number of carbonyl (C=O) groups is 1. The van der Waals surface area contributed by atoms with Crippen LogP contribution in [0.3, 0.4) is 0 Å². The van der Waals surface area contributed by atoms with E-state index in [4.69, 9.17) is 15.2 Å². The zero-order valence-corrected chi connectivity index (χ0v) is 17.8. The van der Waals surface area contributed by atoms with Crippen LogP contribution in [-0.2, 0) is 12.8 Å². The summed E-state index contributed by atoms with van der Waals surface area (Å²) in [6.45, 7) is 4.36. The number of carboxylic acids is 1. The van der Waals surface area contributed by atoms with Gasteiger partial charge in [0.05, 0.1) is 14.2 Å². The smallest absolute Gasteiger partial charge is 0.346 e. The summed E-state index contributed by atoms with van der Waals surface area (Å²) in [5.41, 5.74) is 9.56. The summed E-state index contributed by atoms with van der Waals surface area (Å²) in [5.74, 6) is 0.881. The van der Waals surface area contributed by atoms with Crippen molar-refractivity contribution in [2.75, 3.05) is 14.2 Å². The van der Waals surface area contributed by atoms with Gasteiger partial charge in [-0.3, -0.25) is 0 Å². The lowest BCUT2D eigenvalue weighted by Gasteiger charge is -2.32. The first kappa shape index (κ1) is 20.7. The third-order valence-corrected chi connectivity index (χ3v) is 6.66. The molecule has 6 heteroatoms. The largest absolute Gasteiger partial charge is 0.493 e. The molecule has 1 aliphatic rings. The zero-order valence-electron chi connectivity index (χ0n) is 17.0. The molecular weight excluding hydrogens is 374 g/mol. The Morgan fingerprint density at radius 3 is 2.50 bits per heavy atom. The molecule has 28 heavy (non-hydrogen) atoms. The predicted octanol–water partition coefficient (Wildman–Crippen LogP) is 4.46. The zero-order chi connectivity index (χ0) is 20.4. The van der Waals surface area contributed by atoms with Crippen LogP contribution in [0, 0.1) is 5.92 Å². The highest BCUT2D eigenvalue weighted by atomic mass is 32.1. The van der Waals surface area contributed by atoms with E-state index >= 15 is 0 Å². The maximum Gasteiger partial charge on any atom is 0.346 e. The lowest BCUT2D eigenvalue weighted by atomic mass is 9.75. The van der Waals surface area contributed by atoms with Gasteiger partial charge in [0.25, 0.3) is 0 Å². The minimum Gasteiger partial charge on any atom is -0.493 e. The number of rotatable bonds is 7. The first-order valence-electron chi connectivity index (χ1n) is 9.72. The van der Waals surface area contributed by atoms with E-state index in [1.165, 1.54) is 11.3 Å². The van der Waals surface area contributed by atoms with Crippen molar-refractivity contribution < 1.29 is 19.4 Å². The second-order valence-corrected chi connectivity index (χ2v) is 8.96. The number of nitrogens with two attached hydrogens (primary N) is 1. The van der Waals surface area contributed by atoms with Crippen molar-refractivity contribution in [3.8, 4) is 11.5 Å². The molecule has 2 aromatic rings. The number of benzene rings is 1. The minimum absolute atomic E-state index is 0.128. The van der Waals surface area contributed by atoms with Gasteiger partial charge in [-0.25, -0.2) is 4.79 Å². The van der Waals surface area contributed by atoms with E-state index in [2.05, 4.69) is 19.9 Å². The van der Waals surface area contributed by atoms with Crippen LogP contribution < -0.4 is 15.2 Å². The molecule has 0 saturated carbocycles. The summed E-state index contributed by atoms with van der Waals surface area (Å²) < 4.78 is 10.9. The van der Waals surface area contributed by atoms with Crippen molar-refractivity contribution in [1.29, 1.82) is 0 Å². The van der Waals surface area contributed by atoms with Crippen LogP contribution in [0.4, 0.5) is 0 Å². The van der Waals surface area contributed by atoms with Crippen LogP contribution in [0.2, 0.25) is 0 Å². The van der Waals surface area contributed by atoms with Crippen molar-refractivity contribution in [3.63, 3.8) is 0 Å². The molecule has 152 valence electrons. The Labute approximate surface area is 170 Å². The topological polar surface area (TPSA) is 81.8 Å². The molecule has 2 atom stereocenters. The molecule has 1 aromatic heterocycles. The molecule has 0 spiro atoms. The van der Waals surface area contributed by atoms with E-state index in [1.807, 2.05) is 12.1 Å². The van der Waals surface area contributed by atoms with Gasteiger partial charge in [0.2, 0.25) is 0 Å². The number of thiophene rings is 1. The van der Waals surface area contributed by atoms with E-state index in [1.54, 1.807) is 14.2 Å². The molecule has 0 saturated heterocycles. The number of hydrogen-bond donors (Lipinski definition) is 2. The fourth-order valence-corrected chi connectivity index (χ4v) is 5.03. The minimum atomic E-state index is -0.879. The molecule has 3 N–H and O–H groups in total. The van der Waals surface area contributed by atoms with Gasteiger partial charge in [0.15, 0.2) is 11.5 Å². The third-order valence-electron chi connectivity index (χ3n) is 5.46. The molecule has 2 unspecified atom stereocenters. The van der Waals surface area contributed by atoms with Gasteiger partial charge in [-0.2, -0.15) is 0 Å². The van der Waals surface area contributed by atoms with Gasteiger partial charge in [-0.1, -0.05) is 13.8 Å². The van der Waals surface area contributed by atoms with Crippen molar-refractivity contribution in [1.82, 2.24) is 0 Å². The molecule has 1 aliphatic carbocycles. The summed E-state index contributed by atoms with van der Waals surface area (Å²) in [7, 11) is 3.23. The molecule has 0 bridgehead atoms. The maximum atomic E-state index is 12.0. The number of aryl methyl sites for hydroxylation is 2. The third kappa shape index (κ3) is 4.03. The van der Waals surface area contributed by atoms with Crippen molar-refractivity contribution in [2.45, 2.75) is 51.5 Å². The summed E-state index contributed by atoms with van der Waals surface area (Å²) in [4.78, 5) is 13.5. The lowest BCUT2D eigenvalue weighted by molar-refractivity contribution is 0.0700. The number of hydrogen-bond acceptors (Lipinski definition) is 5. The van der Waals surface area contributed by atoms with E-state index < -0.39 is 5.97 Å². The van der Waals surface area contributed by atoms with E-state index in [9.17, 15) is 9.90 Å². The highest BCUT2D eigenvalue weighted by Crippen LogP contribution is 2.44. The Morgan fingerprint density at radius 1 is 1.21 bits per heavy atom. The molecule has 0 fully saturated rings. The lowest BCUT2D eigenvalue weighted by Crippen LogP contribution is -2.34. The van der Waals surface area contributed by atoms with Crippen LogP contribution in [0.25, 0.3) is 0 Å². The first-order valence-corrected chi connectivity index (χ1v) is 10.5.